The van der Waals surface area contributed by atoms with E-state index < -0.39 is 29.3 Å². The van der Waals surface area contributed by atoms with Crippen molar-refractivity contribution < 1.29 is 18.5 Å². The summed E-state index contributed by atoms with van der Waals surface area (Å²) in [6, 6.07) is 15.6. The number of carbonyl (C=O) groups excluding carboxylic acids is 2. The number of nitriles is 1. The minimum atomic E-state index is -1.31. The van der Waals surface area contributed by atoms with Crippen molar-refractivity contribution in [3.05, 3.63) is 54.1 Å². The maximum atomic E-state index is 12.3. The number of esters is 1. The molecule has 140 valence electrons. The summed E-state index contributed by atoms with van der Waals surface area (Å²) in [4.78, 5) is 25.5. The number of nitrogens with zero attached hydrogens (tertiary/aromatic N) is 1. The van der Waals surface area contributed by atoms with Crippen molar-refractivity contribution >= 4 is 40.1 Å². The first-order chi connectivity index (χ1) is 13.1. The van der Waals surface area contributed by atoms with Gasteiger partial charge in [0.15, 0.2) is 6.61 Å². The van der Waals surface area contributed by atoms with E-state index >= 15 is 0 Å². The zero-order valence-corrected chi connectivity index (χ0v) is 16.3. The van der Waals surface area contributed by atoms with Gasteiger partial charge in [-0.2, -0.15) is 5.26 Å². The van der Waals surface area contributed by atoms with E-state index in [4.69, 9.17) is 10.00 Å². The van der Waals surface area contributed by atoms with Gasteiger partial charge in [0.25, 0.3) is 5.91 Å². The Hall–Kier alpha value is -2.63. The van der Waals surface area contributed by atoms with Gasteiger partial charge in [0.2, 0.25) is 0 Å². The molecule has 2 aromatic carbocycles. The molecular weight excluding hydrogens is 384 g/mol. The molecule has 0 spiro atoms. The van der Waals surface area contributed by atoms with Gasteiger partial charge in [0.1, 0.15) is 0 Å². The smallest absolute Gasteiger partial charge is 0.339 e. The molecule has 0 saturated carbocycles. The highest BCUT2D eigenvalue weighted by Crippen LogP contribution is 2.26. The number of anilines is 1. The first-order valence-electron chi connectivity index (χ1n) is 8.10. The Labute approximate surface area is 164 Å². The number of hydrogen-bond donors (Lipinski definition) is 1. The maximum absolute atomic E-state index is 12.3. The van der Waals surface area contributed by atoms with E-state index in [2.05, 4.69) is 5.32 Å². The second-order valence-electron chi connectivity index (χ2n) is 5.20. The maximum Gasteiger partial charge on any atom is 0.339 e. The molecule has 8 heteroatoms. The third-order valence-electron chi connectivity index (χ3n) is 3.40. The minimum absolute atomic E-state index is 0.190. The summed E-state index contributed by atoms with van der Waals surface area (Å²) in [5.41, 5.74) is 0.738. The molecule has 0 bridgehead atoms. The average Bonchev–Trinajstić information content (AvgIpc) is 2.70. The third-order valence-corrected chi connectivity index (χ3v) is 5.71. The Morgan fingerprint density at radius 1 is 1.19 bits per heavy atom. The molecule has 27 heavy (non-hydrogen) atoms. The number of nitrogens with one attached hydrogen (secondary N) is 1. The van der Waals surface area contributed by atoms with Crippen molar-refractivity contribution in [2.75, 3.05) is 23.4 Å². The van der Waals surface area contributed by atoms with Gasteiger partial charge in [-0.15, -0.1) is 11.8 Å². The number of benzene rings is 2. The lowest BCUT2D eigenvalue weighted by Gasteiger charge is -2.11. The van der Waals surface area contributed by atoms with Crippen LogP contribution in [-0.2, 0) is 20.3 Å². The molecule has 1 amide bonds. The number of carbonyl (C=O) groups is 2. The van der Waals surface area contributed by atoms with E-state index in [1.54, 1.807) is 49.4 Å². The Morgan fingerprint density at radius 2 is 1.89 bits per heavy atom. The Kier molecular flexibility index (Phi) is 8.04. The Bertz CT molecular complexity index is 893. The van der Waals surface area contributed by atoms with E-state index in [0.29, 0.717) is 16.3 Å². The molecule has 0 aliphatic rings. The number of hydrogen-bond acceptors (Lipinski definition) is 6. The molecule has 0 aromatic heterocycles. The molecule has 1 atom stereocenters. The van der Waals surface area contributed by atoms with Crippen molar-refractivity contribution in [1.29, 1.82) is 5.26 Å². The fraction of sp³-hybridized carbons (Fsp3) is 0.211. The zero-order chi connectivity index (χ0) is 19.6. The van der Waals surface area contributed by atoms with Crippen LogP contribution in [0, 0.1) is 11.3 Å². The molecule has 0 unspecified atom stereocenters. The summed E-state index contributed by atoms with van der Waals surface area (Å²) < 4.78 is 17.1. The topological polar surface area (TPSA) is 96.3 Å². The molecule has 0 saturated heterocycles. The zero-order valence-electron chi connectivity index (χ0n) is 14.6. The van der Waals surface area contributed by atoms with Crippen molar-refractivity contribution in [1.82, 2.24) is 0 Å². The largest absolute Gasteiger partial charge is 0.452 e. The van der Waals surface area contributed by atoms with Crippen LogP contribution in [-0.4, -0.2) is 34.2 Å². The molecule has 2 rings (SSSR count). The van der Waals surface area contributed by atoms with Crippen molar-refractivity contribution in [3.63, 3.8) is 0 Å². The fourth-order valence-electron chi connectivity index (χ4n) is 2.19. The summed E-state index contributed by atoms with van der Waals surface area (Å²) in [5, 5.41) is 11.4. The van der Waals surface area contributed by atoms with Gasteiger partial charge in [-0.25, -0.2) is 4.79 Å². The highest BCUT2D eigenvalue weighted by Gasteiger charge is 2.17. The molecule has 1 N–H and O–H groups in total. The van der Waals surface area contributed by atoms with Crippen LogP contribution >= 0.6 is 11.8 Å². The van der Waals surface area contributed by atoms with Crippen LogP contribution in [0.2, 0.25) is 0 Å². The lowest BCUT2D eigenvalue weighted by atomic mass is 10.2. The second-order valence-corrected chi connectivity index (χ2v) is 7.92. The predicted octanol–water partition coefficient (Wildman–Crippen LogP) is 3.23. The minimum Gasteiger partial charge on any atom is -0.452 e. The summed E-state index contributed by atoms with van der Waals surface area (Å²) in [5.74, 6) is -0.563. The molecule has 0 fully saturated rings. The van der Waals surface area contributed by atoms with Gasteiger partial charge in [0, 0.05) is 10.6 Å². The van der Waals surface area contributed by atoms with Crippen LogP contribution in [0.5, 0.6) is 0 Å². The molecule has 0 aliphatic carbocycles. The van der Waals surface area contributed by atoms with Crippen molar-refractivity contribution in [2.45, 2.75) is 16.7 Å². The molecular formula is C19H18N2O4S2. The van der Waals surface area contributed by atoms with Gasteiger partial charge in [-0.1, -0.05) is 31.2 Å². The van der Waals surface area contributed by atoms with Crippen LogP contribution in [0.25, 0.3) is 0 Å². The van der Waals surface area contributed by atoms with E-state index in [-0.39, 0.29) is 11.3 Å². The first-order valence-corrected chi connectivity index (χ1v) is 10.4. The fourth-order valence-corrected chi connectivity index (χ4v) is 3.80. The van der Waals surface area contributed by atoms with E-state index in [1.165, 1.54) is 17.8 Å². The predicted molar refractivity (Wildman–Crippen MR) is 105 cm³/mol. The van der Waals surface area contributed by atoms with Crippen molar-refractivity contribution in [2.24, 2.45) is 0 Å². The lowest BCUT2D eigenvalue weighted by molar-refractivity contribution is -0.119. The molecule has 6 nitrogen and oxygen atoms in total. The Balaban J connectivity index is 2.00. The van der Waals surface area contributed by atoms with Crippen LogP contribution < -0.4 is 5.32 Å². The van der Waals surface area contributed by atoms with Gasteiger partial charge in [-0.3, -0.25) is 9.00 Å². The first kappa shape index (κ1) is 20.7. The van der Waals surface area contributed by atoms with Gasteiger partial charge in [0.05, 0.1) is 38.8 Å². The van der Waals surface area contributed by atoms with Gasteiger partial charge < -0.3 is 10.1 Å². The van der Waals surface area contributed by atoms with E-state index in [9.17, 15) is 13.8 Å². The van der Waals surface area contributed by atoms with Gasteiger partial charge in [-0.05, 0) is 24.3 Å². The van der Waals surface area contributed by atoms with Crippen LogP contribution in [0.15, 0.2) is 58.3 Å². The normalized spacial score (nSPS) is 11.3. The van der Waals surface area contributed by atoms with E-state index in [1.807, 2.05) is 6.07 Å². The third kappa shape index (κ3) is 5.94. The number of amides is 1. The molecule has 0 radical (unpaired) electrons. The summed E-state index contributed by atoms with van der Waals surface area (Å²) in [6.07, 6.45) is 0. The molecule has 0 heterocycles. The highest BCUT2D eigenvalue weighted by atomic mass is 32.2. The van der Waals surface area contributed by atoms with Crippen molar-refractivity contribution in [3.8, 4) is 6.07 Å². The summed E-state index contributed by atoms with van der Waals surface area (Å²) in [7, 11) is -1.31. The monoisotopic (exact) mass is 402 g/mol. The summed E-state index contributed by atoms with van der Waals surface area (Å²) >= 11 is 1.30. The standard InChI is InChI=1S/C19H18N2O4S2/c1-2-27(24)17-10-6-3-7-14(17)19(23)25-13-18(22)21-15-8-4-5-9-16(15)26-12-11-20/h3-10H,2,12-13H2,1H3,(H,21,22)/t27-/m1/s1. The summed E-state index contributed by atoms with van der Waals surface area (Å²) in [6.45, 7) is 1.29. The van der Waals surface area contributed by atoms with E-state index in [0.717, 1.165) is 4.90 Å². The molecule has 0 aliphatic heterocycles. The van der Waals surface area contributed by atoms with Crippen LogP contribution in [0.4, 0.5) is 5.69 Å². The van der Waals surface area contributed by atoms with Crippen LogP contribution in [0.3, 0.4) is 0 Å². The number of thioether (sulfide) groups is 1. The van der Waals surface area contributed by atoms with Crippen LogP contribution in [0.1, 0.15) is 17.3 Å². The quantitative estimate of drug-likeness (QED) is 0.538. The molecule has 2 aromatic rings. The average molecular weight is 402 g/mol. The second kappa shape index (κ2) is 10.5. The number of para-hydroxylation sites is 1. The number of ether oxygens (including phenoxy) is 1. The lowest BCUT2D eigenvalue weighted by Crippen LogP contribution is -2.22. The van der Waals surface area contributed by atoms with Gasteiger partial charge >= 0.3 is 5.97 Å². The Morgan fingerprint density at radius 3 is 2.63 bits per heavy atom. The highest BCUT2D eigenvalue weighted by molar-refractivity contribution is 7.99. The number of rotatable bonds is 8. The SMILES string of the molecule is CC[S@@](=O)c1ccccc1C(=O)OCC(=O)Nc1ccccc1SCC#N.